The van der Waals surface area contributed by atoms with Crippen LogP contribution in [-0.2, 0) is 9.53 Å². The topological polar surface area (TPSA) is 46.5 Å². The zero-order valence-electron chi connectivity index (χ0n) is 24.0. The smallest absolute Gasteiger partial charge is 0.305 e. The summed E-state index contributed by atoms with van der Waals surface area (Å²) in [6.45, 7) is 3.24. The van der Waals surface area contributed by atoms with Crippen LogP contribution in [-0.4, -0.2) is 24.3 Å². The molecule has 0 saturated carbocycles. The van der Waals surface area contributed by atoms with Crippen molar-refractivity contribution in [1.29, 1.82) is 0 Å². The molecule has 0 heterocycles. The van der Waals surface area contributed by atoms with E-state index in [-0.39, 0.29) is 5.97 Å². The molecule has 3 nitrogen and oxygen atoms in total. The van der Waals surface area contributed by atoms with E-state index in [0.717, 1.165) is 19.3 Å². The van der Waals surface area contributed by atoms with Gasteiger partial charge in [0.05, 0.1) is 6.61 Å². The fourth-order valence-electron chi connectivity index (χ4n) is 4.88. The van der Waals surface area contributed by atoms with Crippen molar-refractivity contribution < 1.29 is 14.6 Å². The molecule has 0 saturated heterocycles. The van der Waals surface area contributed by atoms with E-state index in [4.69, 9.17) is 9.84 Å². The Labute approximate surface area is 220 Å². The Morgan fingerprint density at radius 3 is 1.14 bits per heavy atom. The first-order valence-electron chi connectivity index (χ1n) is 16.1. The Bertz CT molecular complexity index is 396. The normalized spacial score (nSPS) is 11.3. The molecule has 0 bridgehead atoms. The van der Waals surface area contributed by atoms with Gasteiger partial charge < -0.3 is 9.84 Å². The maximum atomic E-state index is 11.8. The molecule has 0 spiro atoms. The minimum absolute atomic E-state index is 0.00818. The van der Waals surface area contributed by atoms with Crippen molar-refractivity contribution in [3.63, 3.8) is 0 Å². The molecule has 0 atom stereocenters. The average Bonchev–Trinajstić information content (AvgIpc) is 2.86. The Kier molecular flexibility index (Phi) is 30.9. The van der Waals surface area contributed by atoms with Gasteiger partial charge in [0.1, 0.15) is 0 Å². The van der Waals surface area contributed by atoms with E-state index in [9.17, 15) is 4.79 Å². The molecule has 0 aliphatic heterocycles. The maximum Gasteiger partial charge on any atom is 0.305 e. The van der Waals surface area contributed by atoms with E-state index in [1.54, 1.807) is 0 Å². The Balaban J connectivity index is 3.13. The molecular formula is C32H64O3. The first kappa shape index (κ1) is 34.4. The number of carbonyl (C=O) groups is 1. The quantitative estimate of drug-likeness (QED) is 0.0794. The third-order valence-electron chi connectivity index (χ3n) is 7.30. The molecule has 0 amide bonds. The fourth-order valence-corrected chi connectivity index (χ4v) is 4.88. The molecule has 0 aromatic rings. The zero-order valence-corrected chi connectivity index (χ0v) is 24.0. The number of hydrogen-bond acceptors (Lipinski definition) is 3. The van der Waals surface area contributed by atoms with Gasteiger partial charge in [0, 0.05) is 13.0 Å². The number of unbranched alkanes of at least 4 members (excludes halogenated alkanes) is 25. The molecule has 210 valence electrons. The predicted octanol–water partition coefficient (Wildman–Crippen LogP) is 10.5. The summed E-state index contributed by atoms with van der Waals surface area (Å²) in [4.78, 5) is 11.8. The number of rotatable bonds is 30. The zero-order chi connectivity index (χ0) is 25.5. The van der Waals surface area contributed by atoms with Crippen LogP contribution in [0.2, 0.25) is 0 Å². The molecule has 0 unspecified atom stereocenters. The highest BCUT2D eigenvalue weighted by molar-refractivity contribution is 5.69. The number of ether oxygens (including phenoxy) is 1. The van der Waals surface area contributed by atoms with Crippen molar-refractivity contribution in [3.8, 4) is 0 Å². The van der Waals surface area contributed by atoms with Crippen LogP contribution in [0.25, 0.3) is 0 Å². The van der Waals surface area contributed by atoms with Crippen molar-refractivity contribution in [2.75, 3.05) is 13.2 Å². The molecule has 1 N–H and O–H groups in total. The average molecular weight is 497 g/mol. The molecule has 0 aliphatic carbocycles. The highest BCUT2D eigenvalue weighted by Crippen LogP contribution is 2.15. The second kappa shape index (κ2) is 31.5. The van der Waals surface area contributed by atoms with Crippen LogP contribution in [0, 0.1) is 0 Å². The van der Waals surface area contributed by atoms with E-state index >= 15 is 0 Å². The summed E-state index contributed by atoms with van der Waals surface area (Å²) >= 11 is 0. The molecule has 0 rings (SSSR count). The van der Waals surface area contributed by atoms with Gasteiger partial charge in [-0.1, -0.05) is 161 Å². The lowest BCUT2D eigenvalue weighted by Gasteiger charge is -2.06. The Morgan fingerprint density at radius 2 is 0.771 bits per heavy atom. The van der Waals surface area contributed by atoms with Gasteiger partial charge in [0.2, 0.25) is 0 Å². The third-order valence-corrected chi connectivity index (χ3v) is 7.30. The molecule has 0 fully saturated rings. The summed E-state index contributed by atoms with van der Waals surface area (Å²) in [5, 5.41) is 8.76. The first-order chi connectivity index (χ1) is 17.3. The molecule has 0 aromatic carbocycles. The molecule has 0 radical (unpaired) electrons. The van der Waals surface area contributed by atoms with Crippen LogP contribution in [0.5, 0.6) is 0 Å². The van der Waals surface area contributed by atoms with Crippen LogP contribution in [0.15, 0.2) is 0 Å². The largest absolute Gasteiger partial charge is 0.466 e. The first-order valence-corrected chi connectivity index (χ1v) is 16.1. The predicted molar refractivity (Wildman–Crippen MR) is 153 cm³/mol. The second-order valence-corrected chi connectivity index (χ2v) is 10.9. The minimum Gasteiger partial charge on any atom is -0.466 e. The lowest BCUT2D eigenvalue weighted by atomic mass is 10.0. The van der Waals surface area contributed by atoms with E-state index in [2.05, 4.69) is 6.92 Å². The number of hydrogen-bond donors (Lipinski definition) is 1. The fraction of sp³-hybridized carbons (Fsp3) is 0.969. The van der Waals surface area contributed by atoms with Gasteiger partial charge in [0.25, 0.3) is 0 Å². The van der Waals surface area contributed by atoms with Crippen molar-refractivity contribution in [3.05, 3.63) is 0 Å². The van der Waals surface area contributed by atoms with Gasteiger partial charge in [-0.3, -0.25) is 4.79 Å². The van der Waals surface area contributed by atoms with Gasteiger partial charge in [-0.25, -0.2) is 0 Å². The van der Waals surface area contributed by atoms with Crippen molar-refractivity contribution in [2.24, 2.45) is 0 Å². The summed E-state index contributed by atoms with van der Waals surface area (Å²) in [7, 11) is 0. The van der Waals surface area contributed by atoms with Gasteiger partial charge in [-0.05, 0) is 19.3 Å². The highest BCUT2D eigenvalue weighted by atomic mass is 16.5. The SMILES string of the molecule is CCCCCCCCCCCCCCCCCCCC(=O)OCCCCCCCCCCCCO. The lowest BCUT2D eigenvalue weighted by Crippen LogP contribution is -2.05. The van der Waals surface area contributed by atoms with E-state index in [1.165, 1.54) is 154 Å². The van der Waals surface area contributed by atoms with E-state index in [1.807, 2.05) is 0 Å². The number of esters is 1. The van der Waals surface area contributed by atoms with Crippen LogP contribution in [0.4, 0.5) is 0 Å². The van der Waals surface area contributed by atoms with E-state index < -0.39 is 0 Å². The number of carbonyl (C=O) groups excluding carboxylic acids is 1. The van der Waals surface area contributed by atoms with Gasteiger partial charge in [-0.15, -0.1) is 0 Å². The van der Waals surface area contributed by atoms with Crippen molar-refractivity contribution in [1.82, 2.24) is 0 Å². The van der Waals surface area contributed by atoms with Crippen LogP contribution >= 0.6 is 0 Å². The number of aliphatic hydroxyl groups is 1. The molecule has 35 heavy (non-hydrogen) atoms. The van der Waals surface area contributed by atoms with Crippen molar-refractivity contribution in [2.45, 2.75) is 187 Å². The van der Waals surface area contributed by atoms with E-state index in [0.29, 0.717) is 19.6 Å². The second-order valence-electron chi connectivity index (χ2n) is 10.9. The highest BCUT2D eigenvalue weighted by Gasteiger charge is 2.02. The summed E-state index contributed by atoms with van der Waals surface area (Å²) < 4.78 is 5.39. The van der Waals surface area contributed by atoms with Gasteiger partial charge in [-0.2, -0.15) is 0 Å². The van der Waals surface area contributed by atoms with Crippen molar-refractivity contribution >= 4 is 5.97 Å². The minimum atomic E-state index is 0.00818. The monoisotopic (exact) mass is 496 g/mol. The lowest BCUT2D eigenvalue weighted by molar-refractivity contribution is -0.143. The molecular weight excluding hydrogens is 432 g/mol. The number of aliphatic hydroxyl groups excluding tert-OH is 1. The summed E-state index contributed by atoms with van der Waals surface area (Å²) in [6.07, 6.45) is 35.9. The maximum absolute atomic E-state index is 11.8. The van der Waals surface area contributed by atoms with Gasteiger partial charge in [0.15, 0.2) is 0 Å². The molecule has 0 aliphatic rings. The van der Waals surface area contributed by atoms with Crippen LogP contribution in [0.3, 0.4) is 0 Å². The van der Waals surface area contributed by atoms with Crippen LogP contribution < -0.4 is 0 Å². The summed E-state index contributed by atoms with van der Waals surface area (Å²) in [6, 6.07) is 0. The Hall–Kier alpha value is -0.570. The molecule has 3 heteroatoms. The molecule has 0 aromatic heterocycles. The Morgan fingerprint density at radius 1 is 0.457 bits per heavy atom. The van der Waals surface area contributed by atoms with Crippen LogP contribution in [0.1, 0.15) is 187 Å². The summed E-state index contributed by atoms with van der Waals surface area (Å²) in [5.74, 6) is 0.00818. The third kappa shape index (κ3) is 31.4. The summed E-state index contributed by atoms with van der Waals surface area (Å²) in [5.41, 5.74) is 0. The standard InChI is InChI=1S/C32H64O3/c1-2-3-4-5-6-7-8-9-10-11-12-13-14-17-20-23-26-29-32(34)35-31-28-25-22-19-16-15-18-21-24-27-30-33/h33H,2-31H2,1H3. The van der Waals surface area contributed by atoms with Gasteiger partial charge >= 0.3 is 5.97 Å².